The van der Waals surface area contributed by atoms with Crippen LogP contribution in [0.3, 0.4) is 0 Å². The second-order valence-electron chi connectivity index (χ2n) is 4.77. The second kappa shape index (κ2) is 7.78. The first-order chi connectivity index (χ1) is 10.1. The van der Waals surface area contributed by atoms with Crippen LogP contribution in [0.4, 0.5) is 0 Å². The van der Waals surface area contributed by atoms with E-state index in [0.29, 0.717) is 23.1 Å². The van der Waals surface area contributed by atoms with Crippen LogP contribution < -0.4 is 11.1 Å². The number of rotatable bonds is 6. The summed E-state index contributed by atoms with van der Waals surface area (Å²) in [6.07, 6.45) is -0.699. The molecule has 3 nitrogen and oxygen atoms in total. The number of halogens is 2. The Labute approximate surface area is 134 Å². The summed E-state index contributed by atoms with van der Waals surface area (Å²) in [4.78, 5) is 0. The fourth-order valence-corrected chi connectivity index (χ4v) is 2.43. The van der Waals surface area contributed by atoms with Crippen LogP contribution in [0.5, 0.6) is 0 Å². The van der Waals surface area contributed by atoms with Gasteiger partial charge in [-0.3, -0.25) is 0 Å². The fraction of sp³-hybridized carbons (Fsp3) is 0.250. The average molecular weight is 325 g/mol. The molecule has 0 aliphatic rings. The number of nitrogens with two attached hydrogens (primary N) is 1. The van der Waals surface area contributed by atoms with Gasteiger partial charge in [-0.2, -0.15) is 0 Å². The zero-order valence-electron chi connectivity index (χ0n) is 11.5. The normalized spacial score (nSPS) is 13.9. The predicted octanol–water partition coefficient (Wildman–Crippen LogP) is 3.32. The predicted molar refractivity (Wildman–Crippen MR) is 87.7 cm³/mol. The molecule has 5 heteroatoms. The van der Waals surface area contributed by atoms with Crippen LogP contribution in [-0.2, 0) is 0 Å². The van der Waals surface area contributed by atoms with Crippen LogP contribution in [0.15, 0.2) is 48.5 Å². The highest BCUT2D eigenvalue weighted by atomic mass is 35.5. The highest BCUT2D eigenvalue weighted by Crippen LogP contribution is 2.30. The minimum atomic E-state index is -0.699. The first-order valence-electron chi connectivity index (χ1n) is 6.74. The molecule has 0 unspecified atom stereocenters. The van der Waals surface area contributed by atoms with Gasteiger partial charge in [-0.25, -0.2) is 0 Å². The molecule has 0 aliphatic heterocycles. The van der Waals surface area contributed by atoms with Crippen molar-refractivity contribution in [3.63, 3.8) is 0 Å². The van der Waals surface area contributed by atoms with Crippen molar-refractivity contribution in [2.45, 2.75) is 12.1 Å². The minimum Gasteiger partial charge on any atom is -0.386 e. The molecule has 0 spiro atoms. The maximum absolute atomic E-state index is 10.6. The summed E-state index contributed by atoms with van der Waals surface area (Å²) in [5.74, 6) is 0. The Morgan fingerprint density at radius 2 is 1.38 bits per heavy atom. The molecule has 0 heterocycles. The number of hydrogen-bond donors (Lipinski definition) is 3. The first kappa shape index (κ1) is 16.3. The van der Waals surface area contributed by atoms with Gasteiger partial charge in [0.2, 0.25) is 0 Å². The highest BCUT2D eigenvalue weighted by Gasteiger charge is 2.22. The van der Waals surface area contributed by atoms with Gasteiger partial charge in [0, 0.05) is 23.1 Å². The van der Waals surface area contributed by atoms with Gasteiger partial charge < -0.3 is 16.2 Å². The Bertz CT molecular complexity index is 557. The summed E-state index contributed by atoms with van der Waals surface area (Å²) in [5.41, 5.74) is 7.30. The molecule has 0 aromatic heterocycles. The average Bonchev–Trinajstić information content (AvgIpc) is 2.50. The summed E-state index contributed by atoms with van der Waals surface area (Å²) in [5, 5.41) is 15.2. The van der Waals surface area contributed by atoms with Gasteiger partial charge in [-0.1, -0.05) is 47.5 Å². The maximum atomic E-state index is 10.6. The molecule has 2 atom stereocenters. The molecular weight excluding hydrogens is 307 g/mol. The molecule has 112 valence electrons. The molecule has 0 amide bonds. The van der Waals surface area contributed by atoms with Crippen molar-refractivity contribution in [2.75, 3.05) is 13.1 Å². The van der Waals surface area contributed by atoms with Crippen molar-refractivity contribution in [3.05, 3.63) is 69.7 Å². The number of nitrogens with one attached hydrogen (secondary N) is 1. The van der Waals surface area contributed by atoms with E-state index >= 15 is 0 Å². The van der Waals surface area contributed by atoms with E-state index in [-0.39, 0.29) is 6.04 Å². The van der Waals surface area contributed by atoms with E-state index in [1.807, 2.05) is 36.4 Å². The molecule has 0 aliphatic carbocycles. The largest absolute Gasteiger partial charge is 0.386 e. The van der Waals surface area contributed by atoms with Crippen molar-refractivity contribution in [1.29, 1.82) is 0 Å². The van der Waals surface area contributed by atoms with E-state index in [9.17, 15) is 5.11 Å². The quantitative estimate of drug-likeness (QED) is 0.764. The Balaban J connectivity index is 2.26. The Morgan fingerprint density at radius 1 is 0.905 bits per heavy atom. The lowest BCUT2D eigenvalue weighted by Gasteiger charge is -2.25. The van der Waals surface area contributed by atoms with Crippen LogP contribution >= 0.6 is 23.2 Å². The Kier molecular flexibility index (Phi) is 6.03. The van der Waals surface area contributed by atoms with Crippen molar-refractivity contribution in [2.24, 2.45) is 5.73 Å². The van der Waals surface area contributed by atoms with Crippen LogP contribution in [-0.4, -0.2) is 18.2 Å². The standard InChI is InChI=1S/C16H18Cl2N2O/c17-13-5-1-11(2-6-13)15(20-10-9-19)16(21)12-3-7-14(18)8-4-12/h1-8,15-16,20-21H,9-10,19H2/t15-,16-/m0/s1. The monoisotopic (exact) mass is 324 g/mol. The van der Waals surface area contributed by atoms with E-state index in [0.717, 1.165) is 11.1 Å². The van der Waals surface area contributed by atoms with Crippen LogP contribution in [0.1, 0.15) is 23.3 Å². The van der Waals surface area contributed by atoms with Crippen LogP contribution in [0.25, 0.3) is 0 Å². The van der Waals surface area contributed by atoms with Gasteiger partial charge in [0.05, 0.1) is 12.1 Å². The SMILES string of the molecule is NCCN[C@@H](c1ccc(Cl)cc1)[C@@H](O)c1ccc(Cl)cc1. The third-order valence-corrected chi connectivity index (χ3v) is 3.77. The number of benzene rings is 2. The molecule has 2 rings (SSSR count). The van der Waals surface area contributed by atoms with Gasteiger partial charge in [0.15, 0.2) is 0 Å². The molecule has 4 N–H and O–H groups in total. The van der Waals surface area contributed by atoms with E-state index < -0.39 is 6.10 Å². The lowest BCUT2D eigenvalue weighted by atomic mass is 9.96. The minimum absolute atomic E-state index is 0.257. The molecular formula is C16H18Cl2N2O. The molecule has 0 radical (unpaired) electrons. The topological polar surface area (TPSA) is 58.3 Å². The maximum Gasteiger partial charge on any atom is 0.0984 e. The summed E-state index contributed by atoms with van der Waals surface area (Å²) < 4.78 is 0. The van der Waals surface area contributed by atoms with Crippen molar-refractivity contribution < 1.29 is 5.11 Å². The summed E-state index contributed by atoms with van der Waals surface area (Å²) in [7, 11) is 0. The molecule has 0 fully saturated rings. The third kappa shape index (κ3) is 4.43. The van der Waals surface area contributed by atoms with Gasteiger partial charge in [-0.05, 0) is 35.4 Å². The van der Waals surface area contributed by atoms with Gasteiger partial charge in [0.25, 0.3) is 0 Å². The van der Waals surface area contributed by atoms with Crippen LogP contribution in [0, 0.1) is 0 Å². The molecule has 21 heavy (non-hydrogen) atoms. The summed E-state index contributed by atoms with van der Waals surface area (Å²) in [6.45, 7) is 1.11. The number of aliphatic hydroxyl groups excluding tert-OH is 1. The lowest BCUT2D eigenvalue weighted by Crippen LogP contribution is -2.31. The zero-order chi connectivity index (χ0) is 15.2. The van der Waals surface area contributed by atoms with E-state index in [1.165, 1.54) is 0 Å². The lowest BCUT2D eigenvalue weighted by molar-refractivity contribution is 0.129. The highest BCUT2D eigenvalue weighted by molar-refractivity contribution is 6.30. The van der Waals surface area contributed by atoms with Crippen molar-refractivity contribution >= 4 is 23.2 Å². The van der Waals surface area contributed by atoms with E-state index in [4.69, 9.17) is 28.9 Å². The van der Waals surface area contributed by atoms with E-state index in [1.54, 1.807) is 12.1 Å². The zero-order valence-corrected chi connectivity index (χ0v) is 13.0. The third-order valence-electron chi connectivity index (χ3n) is 3.26. The Hall–Kier alpha value is -1.10. The summed E-state index contributed by atoms with van der Waals surface area (Å²) in [6, 6.07) is 14.3. The van der Waals surface area contributed by atoms with Gasteiger partial charge >= 0.3 is 0 Å². The smallest absolute Gasteiger partial charge is 0.0984 e. The number of aliphatic hydroxyl groups is 1. The van der Waals surface area contributed by atoms with Gasteiger partial charge in [0.1, 0.15) is 0 Å². The molecule has 0 bridgehead atoms. The molecule has 0 saturated heterocycles. The van der Waals surface area contributed by atoms with Crippen LogP contribution in [0.2, 0.25) is 10.0 Å². The molecule has 0 saturated carbocycles. The Morgan fingerprint density at radius 3 is 1.86 bits per heavy atom. The van der Waals surface area contributed by atoms with Crippen molar-refractivity contribution in [1.82, 2.24) is 5.32 Å². The molecule has 2 aromatic rings. The van der Waals surface area contributed by atoms with Crippen molar-refractivity contribution in [3.8, 4) is 0 Å². The van der Waals surface area contributed by atoms with Gasteiger partial charge in [-0.15, -0.1) is 0 Å². The van der Waals surface area contributed by atoms with E-state index in [2.05, 4.69) is 5.32 Å². The molecule has 2 aromatic carbocycles. The number of hydrogen-bond acceptors (Lipinski definition) is 3. The summed E-state index contributed by atoms with van der Waals surface area (Å²) >= 11 is 11.8. The second-order valence-corrected chi connectivity index (χ2v) is 5.64. The first-order valence-corrected chi connectivity index (χ1v) is 7.50. The fourth-order valence-electron chi connectivity index (χ4n) is 2.17.